The summed E-state index contributed by atoms with van der Waals surface area (Å²) in [6.07, 6.45) is 4.81. The Morgan fingerprint density at radius 3 is 2.53 bits per heavy atom. The zero-order valence-corrected chi connectivity index (χ0v) is 10.5. The number of imidazole rings is 1. The number of rotatable bonds is 5. The van der Waals surface area contributed by atoms with Crippen LogP contribution in [0.25, 0.3) is 0 Å². The summed E-state index contributed by atoms with van der Waals surface area (Å²) >= 11 is 0. The predicted molar refractivity (Wildman–Crippen MR) is 69.9 cm³/mol. The number of aromatic nitrogens is 2. The molecule has 2 rings (SSSR count). The predicted octanol–water partition coefficient (Wildman–Crippen LogP) is 2.21. The molecule has 0 radical (unpaired) electrons. The van der Waals surface area contributed by atoms with Crippen molar-refractivity contribution in [3.05, 3.63) is 53.6 Å². The second-order valence-corrected chi connectivity index (χ2v) is 4.15. The van der Waals surface area contributed by atoms with Crippen LogP contribution in [0.5, 0.6) is 0 Å². The number of hydrogen-bond acceptors (Lipinski definition) is 2. The van der Waals surface area contributed by atoms with Gasteiger partial charge in [0.15, 0.2) is 0 Å². The van der Waals surface area contributed by atoms with Crippen LogP contribution in [-0.4, -0.2) is 16.6 Å². The van der Waals surface area contributed by atoms with Gasteiger partial charge in [0.05, 0.1) is 0 Å². The van der Waals surface area contributed by atoms with E-state index in [1.165, 1.54) is 11.1 Å². The van der Waals surface area contributed by atoms with E-state index in [0.717, 1.165) is 25.3 Å². The fourth-order valence-electron chi connectivity index (χ4n) is 1.96. The first-order chi connectivity index (χ1) is 8.33. The lowest BCUT2D eigenvalue weighted by Crippen LogP contribution is -2.05. The van der Waals surface area contributed by atoms with Crippen LogP contribution in [-0.2, 0) is 19.5 Å². The molecule has 0 amide bonds. The highest BCUT2D eigenvalue weighted by atomic mass is 15.0. The third-order valence-electron chi connectivity index (χ3n) is 2.91. The summed E-state index contributed by atoms with van der Waals surface area (Å²) in [5.41, 5.74) is 2.63. The molecule has 1 aromatic heterocycles. The van der Waals surface area contributed by atoms with E-state index >= 15 is 0 Å². The highest BCUT2D eigenvalue weighted by Gasteiger charge is 2.02. The van der Waals surface area contributed by atoms with Gasteiger partial charge in [0.2, 0.25) is 0 Å². The smallest absolute Gasteiger partial charge is 0.113 e. The van der Waals surface area contributed by atoms with Crippen LogP contribution in [0.2, 0.25) is 0 Å². The Morgan fingerprint density at radius 1 is 1.18 bits per heavy atom. The zero-order valence-electron chi connectivity index (χ0n) is 10.5. The maximum atomic E-state index is 4.39. The molecule has 1 aromatic carbocycles. The summed E-state index contributed by atoms with van der Waals surface area (Å²) in [7, 11) is 1.96. The number of aryl methyl sites for hydroxylation is 1. The van der Waals surface area contributed by atoms with Crippen molar-refractivity contribution in [3.63, 3.8) is 0 Å². The Morgan fingerprint density at radius 2 is 1.88 bits per heavy atom. The molecule has 0 bridgehead atoms. The van der Waals surface area contributed by atoms with E-state index in [-0.39, 0.29) is 0 Å². The van der Waals surface area contributed by atoms with E-state index in [0.29, 0.717) is 0 Å². The second-order valence-electron chi connectivity index (χ2n) is 4.15. The molecule has 17 heavy (non-hydrogen) atoms. The molecule has 0 aliphatic carbocycles. The van der Waals surface area contributed by atoms with Crippen molar-refractivity contribution >= 4 is 0 Å². The largest absolute Gasteiger partial charge is 0.335 e. The van der Waals surface area contributed by atoms with Gasteiger partial charge in [0.1, 0.15) is 5.82 Å². The molecular weight excluding hydrogens is 210 g/mol. The van der Waals surface area contributed by atoms with Gasteiger partial charge < -0.3 is 9.88 Å². The maximum Gasteiger partial charge on any atom is 0.113 e. The normalized spacial score (nSPS) is 10.7. The third-order valence-corrected chi connectivity index (χ3v) is 2.91. The summed E-state index contributed by atoms with van der Waals surface area (Å²) in [6, 6.07) is 8.71. The molecule has 0 atom stereocenters. The molecule has 0 aliphatic rings. The molecule has 3 nitrogen and oxygen atoms in total. The van der Waals surface area contributed by atoms with Crippen molar-refractivity contribution in [2.75, 3.05) is 7.05 Å². The highest BCUT2D eigenvalue weighted by Crippen LogP contribution is 2.10. The van der Waals surface area contributed by atoms with Gasteiger partial charge in [0.25, 0.3) is 0 Å². The summed E-state index contributed by atoms with van der Waals surface area (Å²) in [5.74, 6) is 1.13. The molecule has 0 saturated heterocycles. The van der Waals surface area contributed by atoms with Crippen molar-refractivity contribution in [2.45, 2.75) is 26.4 Å². The topological polar surface area (TPSA) is 29.9 Å². The first-order valence-electron chi connectivity index (χ1n) is 6.06. The third kappa shape index (κ3) is 2.94. The fourth-order valence-corrected chi connectivity index (χ4v) is 1.96. The molecule has 90 valence electrons. The van der Waals surface area contributed by atoms with Crippen LogP contribution in [0.1, 0.15) is 23.9 Å². The molecule has 0 aliphatic heterocycles. The van der Waals surface area contributed by atoms with Gasteiger partial charge >= 0.3 is 0 Å². The Balaban J connectivity index is 2.08. The van der Waals surface area contributed by atoms with Crippen molar-refractivity contribution in [1.82, 2.24) is 14.9 Å². The minimum absolute atomic E-state index is 0.903. The van der Waals surface area contributed by atoms with E-state index in [1.54, 1.807) is 0 Å². The molecule has 3 heteroatoms. The minimum atomic E-state index is 0.903. The van der Waals surface area contributed by atoms with Crippen LogP contribution in [0.15, 0.2) is 36.7 Å². The first-order valence-corrected chi connectivity index (χ1v) is 6.06. The van der Waals surface area contributed by atoms with Crippen LogP contribution >= 0.6 is 0 Å². The van der Waals surface area contributed by atoms with Gasteiger partial charge in [-0.1, -0.05) is 24.3 Å². The summed E-state index contributed by atoms with van der Waals surface area (Å²) in [6.45, 7) is 4.04. The average Bonchev–Trinajstić information content (AvgIpc) is 2.79. The molecule has 0 fully saturated rings. The lowest BCUT2D eigenvalue weighted by molar-refractivity contribution is 0.712. The van der Waals surface area contributed by atoms with Gasteiger partial charge in [-0.25, -0.2) is 4.98 Å². The van der Waals surface area contributed by atoms with Gasteiger partial charge in [-0.2, -0.15) is 0 Å². The molecule has 0 saturated carbocycles. The highest BCUT2D eigenvalue weighted by molar-refractivity contribution is 5.25. The fraction of sp³-hybridized carbons (Fsp3) is 0.357. The van der Waals surface area contributed by atoms with Crippen LogP contribution in [0, 0.1) is 0 Å². The molecule has 2 aromatic rings. The van der Waals surface area contributed by atoms with Crippen molar-refractivity contribution in [1.29, 1.82) is 0 Å². The summed E-state index contributed by atoms with van der Waals surface area (Å²) in [4.78, 5) is 4.39. The summed E-state index contributed by atoms with van der Waals surface area (Å²) < 4.78 is 2.18. The minimum Gasteiger partial charge on any atom is -0.335 e. The monoisotopic (exact) mass is 229 g/mol. The number of benzene rings is 1. The van der Waals surface area contributed by atoms with E-state index in [4.69, 9.17) is 0 Å². The SMILES string of the molecule is CCn1ccnc1Cc1ccc(CNC)cc1. The standard InChI is InChI=1S/C14H19N3/c1-3-17-9-8-16-14(17)10-12-4-6-13(7-5-12)11-15-2/h4-9,15H,3,10-11H2,1-2H3. The summed E-state index contributed by atoms with van der Waals surface area (Å²) in [5, 5.41) is 3.15. The van der Waals surface area contributed by atoms with E-state index < -0.39 is 0 Å². The molecule has 1 heterocycles. The number of nitrogens with zero attached hydrogens (tertiary/aromatic N) is 2. The molecule has 0 spiro atoms. The van der Waals surface area contributed by atoms with Crippen LogP contribution in [0.3, 0.4) is 0 Å². The molecule has 0 unspecified atom stereocenters. The molecule has 1 N–H and O–H groups in total. The van der Waals surface area contributed by atoms with Crippen LogP contribution in [0.4, 0.5) is 0 Å². The van der Waals surface area contributed by atoms with Crippen molar-refractivity contribution in [3.8, 4) is 0 Å². The first kappa shape index (κ1) is 11.9. The Hall–Kier alpha value is -1.61. The van der Waals surface area contributed by atoms with Gasteiger partial charge in [0, 0.05) is 31.9 Å². The van der Waals surface area contributed by atoms with Crippen molar-refractivity contribution < 1.29 is 0 Å². The molecular formula is C14H19N3. The zero-order chi connectivity index (χ0) is 12.1. The van der Waals surface area contributed by atoms with E-state index in [1.807, 2.05) is 19.4 Å². The Kier molecular flexibility index (Phi) is 3.94. The Bertz CT molecular complexity index is 457. The van der Waals surface area contributed by atoms with E-state index in [9.17, 15) is 0 Å². The average molecular weight is 229 g/mol. The van der Waals surface area contributed by atoms with Gasteiger partial charge in [-0.05, 0) is 25.1 Å². The lowest BCUT2D eigenvalue weighted by atomic mass is 10.1. The van der Waals surface area contributed by atoms with Gasteiger partial charge in [-0.15, -0.1) is 0 Å². The number of nitrogens with one attached hydrogen (secondary N) is 1. The van der Waals surface area contributed by atoms with E-state index in [2.05, 4.69) is 46.1 Å². The van der Waals surface area contributed by atoms with Crippen molar-refractivity contribution in [2.24, 2.45) is 0 Å². The second kappa shape index (κ2) is 5.64. The Labute approximate surface area is 103 Å². The number of hydrogen-bond donors (Lipinski definition) is 1. The lowest BCUT2D eigenvalue weighted by Gasteiger charge is -2.06. The maximum absolute atomic E-state index is 4.39. The van der Waals surface area contributed by atoms with Gasteiger partial charge in [-0.3, -0.25) is 0 Å². The quantitative estimate of drug-likeness (QED) is 0.852. The van der Waals surface area contributed by atoms with Crippen LogP contribution < -0.4 is 5.32 Å².